The smallest absolute Gasteiger partial charge is 0.0698 e. The van der Waals surface area contributed by atoms with Gasteiger partial charge in [0.1, 0.15) is 0 Å². The van der Waals surface area contributed by atoms with Crippen molar-refractivity contribution in [3.63, 3.8) is 0 Å². The molecule has 1 atom stereocenters. The number of nitrogens with one attached hydrogen (secondary N) is 1. The maximum atomic E-state index is 5.33. The van der Waals surface area contributed by atoms with Crippen LogP contribution in [0.2, 0.25) is 0 Å². The molecule has 1 aliphatic carbocycles. The third kappa shape index (κ3) is 2.80. The summed E-state index contributed by atoms with van der Waals surface area (Å²) in [5.41, 5.74) is 0. The first kappa shape index (κ1) is 9.01. The van der Waals surface area contributed by atoms with Crippen molar-refractivity contribution >= 4 is 0 Å². The molecule has 0 aromatic carbocycles. The van der Waals surface area contributed by atoms with E-state index in [0.29, 0.717) is 6.10 Å². The van der Waals surface area contributed by atoms with Crippen LogP contribution in [0.15, 0.2) is 0 Å². The lowest BCUT2D eigenvalue weighted by Crippen LogP contribution is -2.29. The third-order valence-corrected chi connectivity index (χ3v) is 2.59. The Morgan fingerprint density at radius 2 is 2.27 bits per heavy atom. The number of ether oxygens (including phenoxy) is 1. The predicted octanol–water partition coefficient (Wildman–Crippen LogP) is 1.41. The van der Waals surface area contributed by atoms with Gasteiger partial charge in [-0.15, -0.1) is 0 Å². The fourth-order valence-corrected chi connectivity index (χ4v) is 1.59. The van der Waals surface area contributed by atoms with Gasteiger partial charge in [-0.25, -0.2) is 0 Å². The van der Waals surface area contributed by atoms with Crippen LogP contribution in [-0.2, 0) is 4.74 Å². The molecule has 0 aliphatic heterocycles. The molecule has 0 spiro atoms. The van der Waals surface area contributed by atoms with E-state index in [1.807, 2.05) is 7.05 Å². The highest BCUT2D eigenvalue weighted by Crippen LogP contribution is 2.30. The number of methoxy groups -OCH3 is 1. The zero-order chi connectivity index (χ0) is 8.10. The van der Waals surface area contributed by atoms with Gasteiger partial charge in [-0.1, -0.05) is 19.3 Å². The summed E-state index contributed by atoms with van der Waals surface area (Å²) in [5, 5.41) is 3.15. The minimum atomic E-state index is 0.435. The summed E-state index contributed by atoms with van der Waals surface area (Å²) in [6.07, 6.45) is 5.95. The molecule has 2 heteroatoms. The minimum Gasteiger partial charge on any atom is -0.380 e. The molecular formula is C9H19NO. The topological polar surface area (TPSA) is 21.3 Å². The maximum absolute atomic E-state index is 5.33. The summed E-state index contributed by atoms with van der Waals surface area (Å²) in [6.45, 7) is 0.993. The first-order valence-corrected chi connectivity index (χ1v) is 4.54. The molecule has 1 unspecified atom stereocenters. The Kier molecular flexibility index (Phi) is 3.87. The van der Waals surface area contributed by atoms with Crippen LogP contribution in [-0.4, -0.2) is 26.8 Å². The molecule has 0 saturated heterocycles. The molecule has 2 nitrogen and oxygen atoms in total. The molecule has 0 aromatic heterocycles. The SMILES string of the molecule is CNCC(CC1CCC1)OC. The van der Waals surface area contributed by atoms with E-state index in [1.54, 1.807) is 7.11 Å². The average molecular weight is 157 g/mol. The van der Waals surface area contributed by atoms with Crippen molar-refractivity contribution in [3.05, 3.63) is 0 Å². The van der Waals surface area contributed by atoms with E-state index in [-0.39, 0.29) is 0 Å². The molecule has 0 heterocycles. The Bertz CT molecular complexity index is 102. The van der Waals surface area contributed by atoms with Gasteiger partial charge in [0.25, 0.3) is 0 Å². The minimum absolute atomic E-state index is 0.435. The molecule has 0 amide bonds. The predicted molar refractivity (Wildman–Crippen MR) is 46.7 cm³/mol. The summed E-state index contributed by atoms with van der Waals surface area (Å²) >= 11 is 0. The summed E-state index contributed by atoms with van der Waals surface area (Å²) < 4.78 is 5.33. The van der Waals surface area contributed by atoms with E-state index < -0.39 is 0 Å². The second kappa shape index (κ2) is 4.73. The lowest BCUT2D eigenvalue weighted by molar-refractivity contribution is 0.0671. The zero-order valence-corrected chi connectivity index (χ0v) is 7.60. The van der Waals surface area contributed by atoms with Crippen LogP contribution in [0, 0.1) is 5.92 Å². The summed E-state index contributed by atoms with van der Waals surface area (Å²) in [4.78, 5) is 0. The number of hydrogen-bond donors (Lipinski definition) is 1. The van der Waals surface area contributed by atoms with Crippen molar-refractivity contribution in [2.75, 3.05) is 20.7 Å². The number of rotatable bonds is 5. The van der Waals surface area contributed by atoms with E-state index in [4.69, 9.17) is 4.74 Å². The lowest BCUT2D eigenvalue weighted by atomic mass is 9.81. The van der Waals surface area contributed by atoms with Crippen molar-refractivity contribution in [3.8, 4) is 0 Å². The molecule has 1 aliphatic rings. The van der Waals surface area contributed by atoms with Crippen LogP contribution in [0.1, 0.15) is 25.7 Å². The van der Waals surface area contributed by atoms with Crippen LogP contribution in [0.5, 0.6) is 0 Å². The van der Waals surface area contributed by atoms with E-state index in [9.17, 15) is 0 Å². The van der Waals surface area contributed by atoms with Gasteiger partial charge < -0.3 is 10.1 Å². The average Bonchev–Trinajstić information content (AvgIpc) is 1.94. The van der Waals surface area contributed by atoms with Crippen molar-refractivity contribution in [1.29, 1.82) is 0 Å². The molecule has 66 valence electrons. The molecule has 0 radical (unpaired) electrons. The Balaban J connectivity index is 2.08. The van der Waals surface area contributed by atoms with Gasteiger partial charge in [-0.05, 0) is 19.4 Å². The fraction of sp³-hybridized carbons (Fsp3) is 1.00. The maximum Gasteiger partial charge on any atom is 0.0698 e. The molecule has 1 fully saturated rings. The monoisotopic (exact) mass is 157 g/mol. The lowest BCUT2D eigenvalue weighted by Gasteiger charge is -2.28. The van der Waals surface area contributed by atoms with Crippen LogP contribution >= 0.6 is 0 Å². The molecule has 1 rings (SSSR count). The molecule has 1 N–H and O–H groups in total. The Morgan fingerprint density at radius 3 is 2.64 bits per heavy atom. The largest absolute Gasteiger partial charge is 0.380 e. The zero-order valence-electron chi connectivity index (χ0n) is 7.60. The second-order valence-electron chi connectivity index (χ2n) is 3.45. The number of likely N-dealkylation sites (N-methyl/N-ethyl adjacent to an activating group) is 1. The van der Waals surface area contributed by atoms with Gasteiger partial charge in [-0.3, -0.25) is 0 Å². The van der Waals surface area contributed by atoms with Gasteiger partial charge in [0.2, 0.25) is 0 Å². The van der Waals surface area contributed by atoms with E-state index >= 15 is 0 Å². The van der Waals surface area contributed by atoms with E-state index in [1.165, 1.54) is 25.7 Å². The Labute approximate surface area is 69.3 Å². The quantitative estimate of drug-likeness (QED) is 0.651. The van der Waals surface area contributed by atoms with Gasteiger partial charge >= 0.3 is 0 Å². The standard InChI is InChI=1S/C9H19NO/c1-10-7-9(11-2)6-8-4-3-5-8/h8-10H,3-7H2,1-2H3. The third-order valence-electron chi connectivity index (χ3n) is 2.59. The highest BCUT2D eigenvalue weighted by molar-refractivity contribution is 4.74. The normalized spacial score (nSPS) is 21.3. The van der Waals surface area contributed by atoms with Crippen LogP contribution < -0.4 is 5.32 Å². The Morgan fingerprint density at radius 1 is 1.55 bits per heavy atom. The molecule has 11 heavy (non-hydrogen) atoms. The first-order chi connectivity index (χ1) is 5.36. The fourth-order valence-electron chi connectivity index (χ4n) is 1.59. The van der Waals surface area contributed by atoms with E-state index in [2.05, 4.69) is 5.32 Å². The second-order valence-corrected chi connectivity index (χ2v) is 3.45. The van der Waals surface area contributed by atoms with Gasteiger partial charge in [0.05, 0.1) is 6.10 Å². The van der Waals surface area contributed by atoms with Crippen molar-refractivity contribution in [2.45, 2.75) is 31.8 Å². The van der Waals surface area contributed by atoms with Crippen molar-refractivity contribution in [2.24, 2.45) is 5.92 Å². The van der Waals surface area contributed by atoms with Crippen molar-refractivity contribution in [1.82, 2.24) is 5.32 Å². The highest BCUT2D eigenvalue weighted by atomic mass is 16.5. The van der Waals surface area contributed by atoms with Crippen LogP contribution in [0.3, 0.4) is 0 Å². The first-order valence-electron chi connectivity index (χ1n) is 4.54. The van der Waals surface area contributed by atoms with Gasteiger partial charge in [0.15, 0.2) is 0 Å². The molecule has 1 saturated carbocycles. The van der Waals surface area contributed by atoms with Crippen LogP contribution in [0.25, 0.3) is 0 Å². The number of hydrogen-bond acceptors (Lipinski definition) is 2. The molecule has 0 aromatic rings. The molecular weight excluding hydrogens is 138 g/mol. The summed E-state index contributed by atoms with van der Waals surface area (Å²) in [6, 6.07) is 0. The van der Waals surface area contributed by atoms with Crippen molar-refractivity contribution < 1.29 is 4.74 Å². The highest BCUT2D eigenvalue weighted by Gasteiger charge is 2.21. The Hall–Kier alpha value is -0.0800. The summed E-state index contributed by atoms with van der Waals surface area (Å²) in [5.74, 6) is 0.952. The summed E-state index contributed by atoms with van der Waals surface area (Å²) in [7, 11) is 3.79. The van der Waals surface area contributed by atoms with Crippen LogP contribution in [0.4, 0.5) is 0 Å². The van der Waals surface area contributed by atoms with Gasteiger partial charge in [-0.2, -0.15) is 0 Å². The van der Waals surface area contributed by atoms with E-state index in [0.717, 1.165) is 12.5 Å². The molecule has 0 bridgehead atoms. The van der Waals surface area contributed by atoms with Gasteiger partial charge in [0, 0.05) is 13.7 Å².